The second-order valence-corrected chi connectivity index (χ2v) is 3.94. The summed E-state index contributed by atoms with van der Waals surface area (Å²) in [5.41, 5.74) is 5.82. The van der Waals surface area contributed by atoms with Gasteiger partial charge in [-0.25, -0.2) is 4.98 Å². The Hall–Kier alpha value is -0.880. The van der Waals surface area contributed by atoms with E-state index in [1.54, 1.807) is 7.05 Å². The Morgan fingerprint density at radius 1 is 1.56 bits per heavy atom. The minimum Gasteiger partial charge on any atom is -0.390 e. The van der Waals surface area contributed by atoms with Crippen LogP contribution >= 0.6 is 11.6 Å². The molecule has 0 saturated carbocycles. The molecule has 0 aliphatic carbocycles. The third-order valence-electron chi connectivity index (χ3n) is 2.28. The highest BCUT2D eigenvalue weighted by molar-refractivity contribution is 6.31. The normalized spacial score (nSPS) is 14.8. The molecule has 0 radical (unpaired) electrons. The molecule has 0 saturated heterocycles. The molecule has 6 heteroatoms. The van der Waals surface area contributed by atoms with Crippen LogP contribution in [0.4, 0.5) is 5.82 Å². The number of nitrogens with zero attached hydrogens (tertiary/aromatic N) is 1. The topological polar surface area (TPSA) is 91.4 Å². The molecular weight excluding hydrogens is 230 g/mol. The van der Waals surface area contributed by atoms with Crippen molar-refractivity contribution >= 4 is 17.4 Å². The Morgan fingerprint density at radius 2 is 2.25 bits per heavy atom. The van der Waals surface area contributed by atoms with Gasteiger partial charge in [0.2, 0.25) is 0 Å². The zero-order valence-corrected chi connectivity index (χ0v) is 9.78. The van der Waals surface area contributed by atoms with Crippen LogP contribution in [0.1, 0.15) is 18.1 Å². The molecule has 1 aromatic heterocycles. The van der Waals surface area contributed by atoms with Gasteiger partial charge >= 0.3 is 0 Å². The maximum absolute atomic E-state index is 9.84. The van der Waals surface area contributed by atoms with E-state index >= 15 is 0 Å². The highest BCUT2D eigenvalue weighted by Crippen LogP contribution is 2.26. The first-order valence-electron chi connectivity index (χ1n) is 4.98. The van der Waals surface area contributed by atoms with E-state index in [1.165, 1.54) is 12.3 Å². The molecule has 1 heterocycles. The van der Waals surface area contributed by atoms with Gasteiger partial charge in [0.05, 0.1) is 11.1 Å². The molecule has 16 heavy (non-hydrogen) atoms. The van der Waals surface area contributed by atoms with Crippen LogP contribution in [0.15, 0.2) is 12.3 Å². The van der Waals surface area contributed by atoms with Crippen LogP contribution in [0.25, 0.3) is 0 Å². The number of hydrogen-bond donors (Lipinski definition) is 4. The zero-order chi connectivity index (χ0) is 12.1. The number of aliphatic hydroxyl groups excluding tert-OH is 2. The average Bonchev–Trinajstić information content (AvgIpc) is 2.25. The van der Waals surface area contributed by atoms with Gasteiger partial charge in [-0.15, -0.1) is 0 Å². The van der Waals surface area contributed by atoms with Gasteiger partial charge in [-0.05, 0) is 26.1 Å². The first-order chi connectivity index (χ1) is 7.56. The fourth-order valence-electron chi connectivity index (χ4n) is 1.33. The standard InChI is InChI=1S/C10H16ClN3O2/c1-13-3-2-8(15)10(16)6-5-14-9(12)4-7(6)11/h4-5,8,10,13,15-16H,2-3H2,1H3,(H2,12,14). The van der Waals surface area contributed by atoms with Crippen molar-refractivity contribution in [3.8, 4) is 0 Å². The fourth-order valence-corrected chi connectivity index (χ4v) is 1.60. The quantitative estimate of drug-likeness (QED) is 0.600. The summed E-state index contributed by atoms with van der Waals surface area (Å²) in [6.07, 6.45) is -0.118. The van der Waals surface area contributed by atoms with Gasteiger partial charge in [0, 0.05) is 11.8 Å². The van der Waals surface area contributed by atoms with Gasteiger partial charge in [-0.3, -0.25) is 0 Å². The minimum atomic E-state index is -1.05. The second-order valence-electron chi connectivity index (χ2n) is 3.54. The van der Waals surface area contributed by atoms with E-state index in [4.69, 9.17) is 17.3 Å². The molecule has 0 aliphatic heterocycles. The van der Waals surface area contributed by atoms with E-state index in [-0.39, 0.29) is 5.82 Å². The molecule has 0 bridgehead atoms. The van der Waals surface area contributed by atoms with Crippen LogP contribution < -0.4 is 11.1 Å². The predicted octanol–water partition coefficient (Wildman–Crippen LogP) is 0.321. The van der Waals surface area contributed by atoms with Crippen molar-refractivity contribution in [3.63, 3.8) is 0 Å². The Kier molecular flexibility index (Phi) is 4.95. The smallest absolute Gasteiger partial charge is 0.124 e. The Labute approximate surface area is 99.3 Å². The van der Waals surface area contributed by atoms with Gasteiger partial charge < -0.3 is 21.3 Å². The lowest BCUT2D eigenvalue weighted by atomic mass is 10.0. The van der Waals surface area contributed by atoms with Crippen LogP contribution in [-0.4, -0.2) is 34.9 Å². The third kappa shape index (κ3) is 3.31. The largest absolute Gasteiger partial charge is 0.390 e. The van der Waals surface area contributed by atoms with Crippen molar-refractivity contribution in [2.24, 2.45) is 0 Å². The lowest BCUT2D eigenvalue weighted by Crippen LogP contribution is -2.23. The number of aliphatic hydroxyl groups is 2. The summed E-state index contributed by atoms with van der Waals surface area (Å²) in [6, 6.07) is 1.45. The first-order valence-corrected chi connectivity index (χ1v) is 5.35. The van der Waals surface area contributed by atoms with Gasteiger partial charge in [0.1, 0.15) is 11.9 Å². The van der Waals surface area contributed by atoms with Gasteiger partial charge in [-0.1, -0.05) is 11.6 Å². The minimum absolute atomic E-state index is 0.283. The summed E-state index contributed by atoms with van der Waals surface area (Å²) in [5, 5.41) is 22.7. The number of pyridine rings is 1. The lowest BCUT2D eigenvalue weighted by molar-refractivity contribution is 0.0139. The fraction of sp³-hybridized carbons (Fsp3) is 0.500. The molecule has 2 unspecified atom stereocenters. The summed E-state index contributed by atoms with van der Waals surface area (Å²) >= 11 is 5.90. The van der Waals surface area contributed by atoms with E-state index < -0.39 is 12.2 Å². The summed E-state index contributed by atoms with van der Waals surface area (Å²) in [4.78, 5) is 3.83. The molecule has 2 atom stereocenters. The number of anilines is 1. The van der Waals surface area contributed by atoms with Crippen molar-refractivity contribution in [2.75, 3.05) is 19.3 Å². The molecule has 0 fully saturated rings. The second kappa shape index (κ2) is 6.00. The summed E-state index contributed by atoms with van der Waals surface area (Å²) in [6.45, 7) is 0.609. The van der Waals surface area contributed by atoms with Crippen LogP contribution in [0.3, 0.4) is 0 Å². The molecule has 90 valence electrons. The van der Waals surface area contributed by atoms with Gasteiger partial charge in [0.25, 0.3) is 0 Å². The van der Waals surface area contributed by atoms with Crippen molar-refractivity contribution in [3.05, 3.63) is 22.8 Å². The predicted molar refractivity (Wildman–Crippen MR) is 63.2 cm³/mol. The Balaban J connectivity index is 2.75. The number of halogens is 1. The molecule has 5 nitrogen and oxygen atoms in total. The molecule has 0 spiro atoms. The molecule has 0 aromatic carbocycles. The van der Waals surface area contributed by atoms with E-state index in [1.807, 2.05) is 0 Å². The van der Waals surface area contributed by atoms with E-state index in [9.17, 15) is 10.2 Å². The molecule has 1 aromatic rings. The lowest BCUT2D eigenvalue weighted by Gasteiger charge is -2.18. The summed E-state index contributed by atoms with van der Waals surface area (Å²) in [5.74, 6) is 0.283. The molecular formula is C10H16ClN3O2. The monoisotopic (exact) mass is 245 g/mol. The van der Waals surface area contributed by atoms with Crippen LogP contribution in [0, 0.1) is 0 Å². The van der Waals surface area contributed by atoms with Crippen molar-refractivity contribution in [1.29, 1.82) is 0 Å². The van der Waals surface area contributed by atoms with Crippen LogP contribution in [0.2, 0.25) is 5.02 Å². The zero-order valence-electron chi connectivity index (χ0n) is 9.02. The van der Waals surface area contributed by atoms with E-state index in [0.717, 1.165) is 0 Å². The molecule has 0 amide bonds. The Bertz CT molecular complexity index is 349. The number of aromatic nitrogens is 1. The van der Waals surface area contributed by atoms with Crippen molar-refractivity contribution < 1.29 is 10.2 Å². The third-order valence-corrected chi connectivity index (χ3v) is 2.60. The van der Waals surface area contributed by atoms with Crippen molar-refractivity contribution in [1.82, 2.24) is 10.3 Å². The summed E-state index contributed by atoms with van der Waals surface area (Å²) in [7, 11) is 1.77. The molecule has 5 N–H and O–H groups in total. The highest BCUT2D eigenvalue weighted by atomic mass is 35.5. The van der Waals surface area contributed by atoms with Crippen molar-refractivity contribution in [2.45, 2.75) is 18.6 Å². The summed E-state index contributed by atoms with van der Waals surface area (Å²) < 4.78 is 0. The Morgan fingerprint density at radius 3 is 2.81 bits per heavy atom. The maximum Gasteiger partial charge on any atom is 0.124 e. The number of hydrogen-bond acceptors (Lipinski definition) is 5. The first kappa shape index (κ1) is 13.2. The van der Waals surface area contributed by atoms with Crippen LogP contribution in [0.5, 0.6) is 0 Å². The SMILES string of the molecule is CNCCC(O)C(O)c1cnc(N)cc1Cl. The average molecular weight is 246 g/mol. The molecule has 1 rings (SSSR count). The number of nitrogens with two attached hydrogens (primary N) is 1. The van der Waals surface area contributed by atoms with Gasteiger partial charge in [-0.2, -0.15) is 0 Å². The molecule has 0 aliphatic rings. The van der Waals surface area contributed by atoms with E-state index in [2.05, 4.69) is 10.3 Å². The van der Waals surface area contributed by atoms with Crippen LogP contribution in [-0.2, 0) is 0 Å². The highest BCUT2D eigenvalue weighted by Gasteiger charge is 2.20. The number of rotatable bonds is 5. The maximum atomic E-state index is 9.84. The number of nitrogen functional groups attached to an aromatic ring is 1. The van der Waals surface area contributed by atoms with Gasteiger partial charge in [0.15, 0.2) is 0 Å². The number of nitrogens with one attached hydrogen (secondary N) is 1. The van der Waals surface area contributed by atoms with E-state index in [0.29, 0.717) is 23.6 Å².